The summed E-state index contributed by atoms with van der Waals surface area (Å²) in [6, 6.07) is 6.87. The highest BCUT2D eigenvalue weighted by Crippen LogP contribution is 2.37. The van der Waals surface area contributed by atoms with Crippen LogP contribution in [0.1, 0.15) is 72.5 Å². The number of fused-ring (bicyclic) bond motifs is 3. The van der Waals surface area contributed by atoms with Gasteiger partial charge in [0.05, 0.1) is 0 Å². The van der Waals surface area contributed by atoms with Crippen LogP contribution >= 0.6 is 0 Å². The van der Waals surface area contributed by atoms with Crippen LogP contribution in [0.3, 0.4) is 0 Å². The minimum absolute atomic E-state index is 0.350. The van der Waals surface area contributed by atoms with Crippen LogP contribution in [0.4, 0.5) is 0 Å². The molecule has 0 bridgehead atoms. The van der Waals surface area contributed by atoms with Crippen molar-refractivity contribution in [3.63, 3.8) is 0 Å². The zero-order valence-electron chi connectivity index (χ0n) is 12.8. The van der Waals surface area contributed by atoms with Gasteiger partial charge < -0.3 is 4.57 Å². The first-order chi connectivity index (χ1) is 10.3. The second-order valence-electron chi connectivity index (χ2n) is 6.77. The quantitative estimate of drug-likeness (QED) is 0.739. The summed E-state index contributed by atoms with van der Waals surface area (Å²) >= 11 is 0. The second kappa shape index (κ2) is 5.01. The summed E-state index contributed by atoms with van der Waals surface area (Å²) < 4.78 is 2.24. The number of carbonyl (C=O) groups excluding carboxylic acids is 1. The van der Waals surface area contributed by atoms with E-state index in [9.17, 15) is 4.79 Å². The van der Waals surface area contributed by atoms with Crippen molar-refractivity contribution in [3.8, 4) is 0 Å². The molecule has 0 atom stereocenters. The van der Waals surface area contributed by atoms with Gasteiger partial charge in [-0.3, -0.25) is 4.79 Å². The van der Waals surface area contributed by atoms with E-state index in [1.807, 2.05) is 0 Å². The van der Waals surface area contributed by atoms with Crippen LogP contribution in [0.5, 0.6) is 0 Å². The van der Waals surface area contributed by atoms with Gasteiger partial charge in [-0.15, -0.1) is 0 Å². The predicted molar refractivity (Wildman–Crippen MR) is 86.0 cm³/mol. The second-order valence-corrected chi connectivity index (χ2v) is 6.77. The first-order valence-corrected chi connectivity index (χ1v) is 8.40. The van der Waals surface area contributed by atoms with E-state index in [0.717, 1.165) is 24.8 Å². The Labute approximate surface area is 126 Å². The Morgan fingerprint density at radius 2 is 1.86 bits per heavy atom. The SMILES string of the molecule is Cn1c2c(c3cc(C4CCCCC4)ccc31)C(=O)CCC2. The molecule has 1 saturated carbocycles. The monoisotopic (exact) mass is 281 g/mol. The Bertz CT molecular complexity index is 704. The molecule has 0 aliphatic heterocycles. The smallest absolute Gasteiger partial charge is 0.165 e. The Morgan fingerprint density at radius 3 is 2.67 bits per heavy atom. The summed E-state index contributed by atoms with van der Waals surface area (Å²) in [5.41, 5.74) is 4.96. The van der Waals surface area contributed by atoms with Crippen LogP contribution in [0.2, 0.25) is 0 Å². The van der Waals surface area contributed by atoms with E-state index in [0.29, 0.717) is 11.7 Å². The lowest BCUT2D eigenvalue weighted by Crippen LogP contribution is -2.11. The maximum Gasteiger partial charge on any atom is 0.165 e. The molecule has 1 aromatic carbocycles. The van der Waals surface area contributed by atoms with Crippen molar-refractivity contribution < 1.29 is 4.79 Å². The number of ketones is 1. The predicted octanol–water partition coefficient (Wildman–Crippen LogP) is 4.75. The fourth-order valence-corrected chi connectivity index (χ4v) is 4.35. The normalized spacial score (nSPS) is 20.0. The van der Waals surface area contributed by atoms with E-state index >= 15 is 0 Å². The fraction of sp³-hybridized carbons (Fsp3) is 0.526. The number of aromatic nitrogens is 1. The molecule has 1 fully saturated rings. The molecule has 1 heterocycles. The van der Waals surface area contributed by atoms with Gasteiger partial charge in [-0.05, 0) is 49.3 Å². The van der Waals surface area contributed by atoms with Crippen molar-refractivity contribution in [1.29, 1.82) is 0 Å². The number of hydrogen-bond acceptors (Lipinski definition) is 1. The van der Waals surface area contributed by atoms with Crippen LogP contribution in [0, 0.1) is 0 Å². The highest BCUT2D eigenvalue weighted by atomic mass is 16.1. The van der Waals surface area contributed by atoms with Crippen molar-refractivity contribution >= 4 is 16.7 Å². The lowest BCUT2D eigenvalue weighted by atomic mass is 9.83. The third kappa shape index (κ3) is 2.04. The third-order valence-electron chi connectivity index (χ3n) is 5.52. The minimum atomic E-state index is 0.350. The van der Waals surface area contributed by atoms with E-state index in [1.165, 1.54) is 54.3 Å². The zero-order chi connectivity index (χ0) is 14.4. The molecule has 0 N–H and O–H groups in total. The van der Waals surface area contributed by atoms with E-state index in [4.69, 9.17) is 0 Å². The number of rotatable bonds is 1. The fourth-order valence-electron chi connectivity index (χ4n) is 4.35. The first-order valence-electron chi connectivity index (χ1n) is 8.40. The topological polar surface area (TPSA) is 22.0 Å². The van der Waals surface area contributed by atoms with Crippen LogP contribution in [0.15, 0.2) is 18.2 Å². The maximum atomic E-state index is 12.4. The number of aryl methyl sites for hydroxylation is 1. The van der Waals surface area contributed by atoms with Gasteiger partial charge in [-0.1, -0.05) is 25.3 Å². The van der Waals surface area contributed by atoms with Gasteiger partial charge in [-0.2, -0.15) is 0 Å². The average Bonchev–Trinajstić information content (AvgIpc) is 2.82. The molecule has 2 nitrogen and oxygen atoms in total. The van der Waals surface area contributed by atoms with E-state index in [2.05, 4.69) is 29.8 Å². The molecule has 0 radical (unpaired) electrons. The third-order valence-corrected chi connectivity index (χ3v) is 5.52. The number of hydrogen-bond donors (Lipinski definition) is 0. The lowest BCUT2D eigenvalue weighted by molar-refractivity contribution is 0.0973. The van der Waals surface area contributed by atoms with Crippen molar-refractivity contribution in [2.75, 3.05) is 0 Å². The van der Waals surface area contributed by atoms with E-state index in [-0.39, 0.29) is 0 Å². The van der Waals surface area contributed by atoms with Crippen molar-refractivity contribution in [2.45, 2.75) is 57.3 Å². The standard InChI is InChI=1S/C19H23NO/c1-20-16-11-10-14(13-6-3-2-4-7-13)12-15(16)19-17(20)8-5-9-18(19)21/h10-13H,2-9H2,1H3. The zero-order valence-corrected chi connectivity index (χ0v) is 12.8. The van der Waals surface area contributed by atoms with Gasteiger partial charge in [-0.25, -0.2) is 0 Å². The summed E-state index contributed by atoms with van der Waals surface area (Å²) in [4.78, 5) is 12.4. The molecule has 0 spiro atoms. The number of carbonyl (C=O) groups is 1. The van der Waals surface area contributed by atoms with Gasteiger partial charge in [0, 0.05) is 35.6 Å². The Hall–Kier alpha value is -1.57. The number of Topliss-reactive ketones (excluding diaryl/α,β-unsaturated/α-hetero) is 1. The highest BCUT2D eigenvalue weighted by molar-refractivity contribution is 6.10. The number of benzene rings is 1. The average molecular weight is 281 g/mol. The molecule has 1 aromatic heterocycles. The molecule has 4 rings (SSSR count). The van der Waals surface area contributed by atoms with Crippen LogP contribution in [-0.2, 0) is 13.5 Å². The molecule has 110 valence electrons. The number of nitrogens with zero attached hydrogens (tertiary/aromatic N) is 1. The Morgan fingerprint density at radius 1 is 1.05 bits per heavy atom. The van der Waals surface area contributed by atoms with E-state index < -0.39 is 0 Å². The molecular formula is C19H23NO. The van der Waals surface area contributed by atoms with Gasteiger partial charge in [0.15, 0.2) is 5.78 Å². The molecule has 2 aliphatic carbocycles. The highest BCUT2D eigenvalue weighted by Gasteiger charge is 2.25. The molecule has 0 amide bonds. The Balaban J connectivity index is 1.87. The molecule has 21 heavy (non-hydrogen) atoms. The summed E-state index contributed by atoms with van der Waals surface area (Å²) in [6.45, 7) is 0. The summed E-state index contributed by atoms with van der Waals surface area (Å²) in [6.07, 6.45) is 9.50. The van der Waals surface area contributed by atoms with Crippen molar-refractivity contribution in [1.82, 2.24) is 4.57 Å². The summed E-state index contributed by atoms with van der Waals surface area (Å²) in [5, 5.41) is 1.21. The minimum Gasteiger partial charge on any atom is -0.347 e. The van der Waals surface area contributed by atoms with Crippen molar-refractivity contribution in [2.24, 2.45) is 7.05 Å². The molecule has 0 unspecified atom stereocenters. The van der Waals surface area contributed by atoms with Gasteiger partial charge >= 0.3 is 0 Å². The summed E-state index contributed by atoms with van der Waals surface area (Å²) in [7, 11) is 2.11. The maximum absolute atomic E-state index is 12.4. The van der Waals surface area contributed by atoms with Crippen molar-refractivity contribution in [3.05, 3.63) is 35.0 Å². The lowest BCUT2D eigenvalue weighted by Gasteiger charge is -2.22. The summed E-state index contributed by atoms with van der Waals surface area (Å²) in [5.74, 6) is 1.06. The molecule has 0 saturated heterocycles. The first kappa shape index (κ1) is 13.1. The molecule has 2 aromatic rings. The largest absolute Gasteiger partial charge is 0.347 e. The van der Waals surface area contributed by atoms with Crippen LogP contribution in [0.25, 0.3) is 10.9 Å². The van der Waals surface area contributed by atoms with Crippen LogP contribution in [-0.4, -0.2) is 10.4 Å². The van der Waals surface area contributed by atoms with E-state index in [1.54, 1.807) is 0 Å². The van der Waals surface area contributed by atoms with Gasteiger partial charge in [0.2, 0.25) is 0 Å². The van der Waals surface area contributed by atoms with Crippen LogP contribution < -0.4 is 0 Å². The van der Waals surface area contributed by atoms with Gasteiger partial charge in [0.25, 0.3) is 0 Å². The molecule has 2 heteroatoms. The van der Waals surface area contributed by atoms with Gasteiger partial charge in [0.1, 0.15) is 0 Å². The Kier molecular flexibility index (Phi) is 3.13. The molecule has 2 aliphatic rings. The molecular weight excluding hydrogens is 258 g/mol.